The lowest BCUT2D eigenvalue weighted by atomic mass is 10.1. The Morgan fingerprint density at radius 3 is 2.85 bits per heavy atom. The van der Waals surface area contributed by atoms with Crippen molar-refractivity contribution in [1.29, 1.82) is 0 Å². The van der Waals surface area contributed by atoms with Crippen molar-refractivity contribution in [1.82, 2.24) is 9.88 Å². The van der Waals surface area contributed by atoms with E-state index in [4.69, 9.17) is 5.11 Å². The second-order valence-corrected chi connectivity index (χ2v) is 5.35. The molecule has 1 aliphatic heterocycles. The van der Waals surface area contributed by atoms with Gasteiger partial charge in [-0.25, -0.2) is 0 Å². The summed E-state index contributed by atoms with van der Waals surface area (Å²) in [7, 11) is 0. The van der Waals surface area contributed by atoms with Crippen LogP contribution in [-0.4, -0.2) is 40.0 Å². The third-order valence-electron chi connectivity index (χ3n) is 3.83. The molecule has 0 aliphatic carbocycles. The van der Waals surface area contributed by atoms with Gasteiger partial charge in [-0.3, -0.25) is 9.59 Å². The second kappa shape index (κ2) is 4.67. The van der Waals surface area contributed by atoms with Crippen molar-refractivity contribution < 1.29 is 14.7 Å². The fourth-order valence-electron chi connectivity index (χ4n) is 2.67. The number of aromatic amines is 1. The number of aryl methyl sites for hydroxylation is 1. The summed E-state index contributed by atoms with van der Waals surface area (Å²) in [4.78, 5) is 28.0. The Morgan fingerprint density at radius 2 is 2.15 bits per heavy atom. The fraction of sp³-hybridized carbons (Fsp3) is 0.333. The number of carbonyl (C=O) groups excluding carboxylic acids is 1. The summed E-state index contributed by atoms with van der Waals surface area (Å²) in [5.41, 5.74) is 2.59. The lowest BCUT2D eigenvalue weighted by Gasteiger charge is -2.14. The van der Waals surface area contributed by atoms with Gasteiger partial charge in [-0.05, 0) is 31.0 Å². The maximum absolute atomic E-state index is 12.4. The van der Waals surface area contributed by atoms with E-state index < -0.39 is 11.9 Å². The molecule has 1 aliphatic rings. The third kappa shape index (κ3) is 2.15. The minimum Gasteiger partial charge on any atom is -0.481 e. The number of nitrogens with zero attached hydrogens (tertiary/aromatic N) is 1. The van der Waals surface area contributed by atoms with Crippen molar-refractivity contribution in [3.05, 3.63) is 35.5 Å². The average molecular weight is 272 g/mol. The van der Waals surface area contributed by atoms with Gasteiger partial charge < -0.3 is 15.0 Å². The zero-order valence-corrected chi connectivity index (χ0v) is 11.2. The Balaban J connectivity index is 1.84. The quantitative estimate of drug-likeness (QED) is 0.878. The summed E-state index contributed by atoms with van der Waals surface area (Å²) >= 11 is 0. The first kappa shape index (κ1) is 12.7. The maximum atomic E-state index is 12.4. The normalized spacial score (nSPS) is 18.6. The fourth-order valence-corrected chi connectivity index (χ4v) is 2.67. The number of H-pyrrole nitrogens is 1. The van der Waals surface area contributed by atoms with Gasteiger partial charge in [-0.2, -0.15) is 0 Å². The molecule has 1 aromatic carbocycles. The molecule has 104 valence electrons. The SMILES string of the molecule is Cc1ccc2cc(C(=O)N3CCC(C(=O)O)C3)[nH]c2c1. The van der Waals surface area contributed by atoms with Gasteiger partial charge in [-0.15, -0.1) is 0 Å². The van der Waals surface area contributed by atoms with E-state index in [0.717, 1.165) is 16.5 Å². The van der Waals surface area contributed by atoms with Crippen molar-refractivity contribution in [2.75, 3.05) is 13.1 Å². The molecule has 2 aromatic rings. The molecule has 1 fully saturated rings. The van der Waals surface area contributed by atoms with Crippen LogP contribution in [-0.2, 0) is 4.79 Å². The first-order chi connectivity index (χ1) is 9.54. The molecule has 1 saturated heterocycles. The predicted octanol–water partition coefficient (Wildman–Crippen LogP) is 2.02. The van der Waals surface area contributed by atoms with E-state index in [1.165, 1.54) is 0 Å². The molecule has 3 rings (SSSR count). The molecule has 0 saturated carbocycles. The number of hydrogen-bond donors (Lipinski definition) is 2. The summed E-state index contributed by atoms with van der Waals surface area (Å²) < 4.78 is 0. The summed E-state index contributed by atoms with van der Waals surface area (Å²) in [6.45, 7) is 2.80. The molecule has 0 radical (unpaired) electrons. The van der Waals surface area contributed by atoms with Crippen molar-refractivity contribution in [3.63, 3.8) is 0 Å². The lowest BCUT2D eigenvalue weighted by molar-refractivity contribution is -0.141. The van der Waals surface area contributed by atoms with Crippen LogP contribution in [0.3, 0.4) is 0 Å². The van der Waals surface area contributed by atoms with Gasteiger partial charge in [0.05, 0.1) is 5.92 Å². The molecule has 20 heavy (non-hydrogen) atoms. The van der Waals surface area contributed by atoms with Gasteiger partial charge in [0.15, 0.2) is 0 Å². The number of aliphatic carboxylic acids is 1. The maximum Gasteiger partial charge on any atom is 0.308 e. The van der Waals surface area contributed by atoms with Crippen LogP contribution in [0.25, 0.3) is 10.9 Å². The molecule has 0 bridgehead atoms. The number of aromatic nitrogens is 1. The van der Waals surface area contributed by atoms with Crippen LogP contribution in [0.4, 0.5) is 0 Å². The molecule has 1 amide bonds. The van der Waals surface area contributed by atoms with Crippen LogP contribution in [0.1, 0.15) is 22.5 Å². The summed E-state index contributed by atoms with van der Waals surface area (Å²) in [6, 6.07) is 7.80. The smallest absolute Gasteiger partial charge is 0.308 e. The van der Waals surface area contributed by atoms with Crippen LogP contribution in [0, 0.1) is 12.8 Å². The van der Waals surface area contributed by atoms with Crippen molar-refractivity contribution in [3.8, 4) is 0 Å². The van der Waals surface area contributed by atoms with Gasteiger partial charge in [0.1, 0.15) is 5.69 Å². The second-order valence-electron chi connectivity index (χ2n) is 5.35. The predicted molar refractivity (Wildman–Crippen MR) is 74.7 cm³/mol. The highest BCUT2D eigenvalue weighted by molar-refractivity contribution is 5.98. The number of rotatable bonds is 2. The van der Waals surface area contributed by atoms with Gasteiger partial charge in [0.25, 0.3) is 5.91 Å². The molecule has 5 heteroatoms. The number of nitrogens with one attached hydrogen (secondary N) is 1. The van der Waals surface area contributed by atoms with E-state index in [1.54, 1.807) is 4.90 Å². The standard InChI is InChI=1S/C15H16N2O3/c1-9-2-3-10-7-13(16-12(10)6-9)14(18)17-5-4-11(8-17)15(19)20/h2-3,6-7,11,16H,4-5,8H2,1H3,(H,19,20). The topological polar surface area (TPSA) is 73.4 Å². The number of carboxylic acid groups (broad SMARTS) is 1. The number of hydrogen-bond acceptors (Lipinski definition) is 2. The zero-order chi connectivity index (χ0) is 14.3. The highest BCUT2D eigenvalue weighted by Crippen LogP contribution is 2.22. The van der Waals surface area contributed by atoms with E-state index in [-0.39, 0.29) is 5.91 Å². The minimum absolute atomic E-state index is 0.123. The Labute approximate surface area is 116 Å². The van der Waals surface area contributed by atoms with Crippen molar-refractivity contribution in [2.45, 2.75) is 13.3 Å². The number of carboxylic acids is 1. The van der Waals surface area contributed by atoms with Gasteiger partial charge in [0, 0.05) is 24.0 Å². The molecule has 1 atom stereocenters. The van der Waals surface area contributed by atoms with E-state index in [1.807, 2.05) is 31.2 Å². The van der Waals surface area contributed by atoms with Crippen LogP contribution in [0.5, 0.6) is 0 Å². The largest absolute Gasteiger partial charge is 0.481 e. The van der Waals surface area contributed by atoms with E-state index in [0.29, 0.717) is 25.2 Å². The molecule has 2 N–H and O–H groups in total. The van der Waals surface area contributed by atoms with Crippen LogP contribution < -0.4 is 0 Å². The number of carbonyl (C=O) groups is 2. The number of likely N-dealkylation sites (tertiary alicyclic amines) is 1. The molecule has 0 spiro atoms. The number of fused-ring (bicyclic) bond motifs is 1. The highest BCUT2D eigenvalue weighted by atomic mass is 16.4. The molecule has 1 unspecified atom stereocenters. The van der Waals surface area contributed by atoms with Crippen LogP contribution >= 0.6 is 0 Å². The third-order valence-corrected chi connectivity index (χ3v) is 3.83. The Morgan fingerprint density at radius 1 is 1.35 bits per heavy atom. The summed E-state index contributed by atoms with van der Waals surface area (Å²) in [6.07, 6.45) is 0.528. The van der Waals surface area contributed by atoms with Crippen LogP contribution in [0.15, 0.2) is 24.3 Å². The lowest BCUT2D eigenvalue weighted by Crippen LogP contribution is -2.30. The Hall–Kier alpha value is -2.30. The average Bonchev–Trinajstić information content (AvgIpc) is 3.03. The summed E-state index contributed by atoms with van der Waals surface area (Å²) in [5, 5.41) is 9.98. The van der Waals surface area contributed by atoms with E-state index in [9.17, 15) is 9.59 Å². The molecule has 1 aromatic heterocycles. The van der Waals surface area contributed by atoms with E-state index in [2.05, 4.69) is 4.98 Å². The first-order valence-electron chi connectivity index (χ1n) is 6.66. The number of benzene rings is 1. The van der Waals surface area contributed by atoms with Crippen LogP contribution in [0.2, 0.25) is 0 Å². The Bertz CT molecular complexity index is 689. The van der Waals surface area contributed by atoms with E-state index >= 15 is 0 Å². The first-order valence-corrected chi connectivity index (χ1v) is 6.66. The molecule has 2 heterocycles. The van der Waals surface area contributed by atoms with Crippen molar-refractivity contribution >= 4 is 22.8 Å². The van der Waals surface area contributed by atoms with Crippen molar-refractivity contribution in [2.24, 2.45) is 5.92 Å². The molecular formula is C15H16N2O3. The summed E-state index contributed by atoms with van der Waals surface area (Å²) in [5.74, 6) is -1.39. The monoisotopic (exact) mass is 272 g/mol. The minimum atomic E-state index is -0.826. The van der Waals surface area contributed by atoms with Gasteiger partial charge in [-0.1, -0.05) is 12.1 Å². The zero-order valence-electron chi connectivity index (χ0n) is 11.2. The molecule has 5 nitrogen and oxygen atoms in total. The number of amides is 1. The van der Waals surface area contributed by atoms with Gasteiger partial charge >= 0.3 is 5.97 Å². The molecular weight excluding hydrogens is 256 g/mol. The van der Waals surface area contributed by atoms with Gasteiger partial charge in [0.2, 0.25) is 0 Å². The Kier molecular flexibility index (Phi) is 2.97. The highest BCUT2D eigenvalue weighted by Gasteiger charge is 2.31.